The van der Waals surface area contributed by atoms with Crippen molar-refractivity contribution in [2.45, 2.75) is 26.3 Å². The zero-order valence-electron chi connectivity index (χ0n) is 12.7. The summed E-state index contributed by atoms with van der Waals surface area (Å²) >= 11 is 0. The lowest BCUT2D eigenvalue weighted by Crippen LogP contribution is -2.24. The molecule has 112 valence electrons. The first-order valence-corrected chi connectivity index (χ1v) is 7.13. The van der Waals surface area contributed by atoms with Crippen LogP contribution in [0.2, 0.25) is 0 Å². The van der Waals surface area contributed by atoms with E-state index in [0.717, 1.165) is 17.8 Å². The van der Waals surface area contributed by atoms with Gasteiger partial charge in [-0.05, 0) is 31.2 Å². The van der Waals surface area contributed by atoms with Crippen molar-refractivity contribution in [2.24, 2.45) is 0 Å². The number of nitrogens with one attached hydrogen (secondary N) is 1. The van der Waals surface area contributed by atoms with Gasteiger partial charge in [0.2, 0.25) is 0 Å². The Balaban J connectivity index is 2.29. The number of halogens is 1. The van der Waals surface area contributed by atoms with E-state index in [9.17, 15) is 4.39 Å². The fourth-order valence-corrected chi connectivity index (χ4v) is 2.38. The maximum atomic E-state index is 14.3. The summed E-state index contributed by atoms with van der Waals surface area (Å²) in [4.78, 5) is 4.40. The van der Waals surface area contributed by atoms with Crippen LogP contribution in [-0.2, 0) is 6.42 Å². The molecule has 0 aliphatic carbocycles. The van der Waals surface area contributed by atoms with E-state index in [1.807, 2.05) is 26.0 Å². The van der Waals surface area contributed by atoms with Crippen LogP contribution >= 0.6 is 0 Å². The Kier molecular flexibility index (Phi) is 5.28. The zero-order chi connectivity index (χ0) is 15.2. The van der Waals surface area contributed by atoms with E-state index in [2.05, 4.69) is 10.3 Å². The molecule has 2 rings (SSSR count). The Morgan fingerprint density at radius 1 is 1.33 bits per heavy atom. The van der Waals surface area contributed by atoms with Gasteiger partial charge in [-0.1, -0.05) is 19.1 Å². The van der Waals surface area contributed by atoms with Crippen molar-refractivity contribution < 1.29 is 9.13 Å². The average Bonchev–Trinajstić information content (AvgIpc) is 2.49. The number of pyridine rings is 1. The quantitative estimate of drug-likeness (QED) is 0.884. The minimum Gasteiger partial charge on any atom is -0.497 e. The van der Waals surface area contributed by atoms with E-state index >= 15 is 0 Å². The van der Waals surface area contributed by atoms with E-state index in [0.29, 0.717) is 17.7 Å². The van der Waals surface area contributed by atoms with Gasteiger partial charge in [0.05, 0.1) is 7.11 Å². The van der Waals surface area contributed by atoms with Gasteiger partial charge in [0.25, 0.3) is 0 Å². The number of aryl methyl sites for hydroxylation is 1. The Morgan fingerprint density at radius 2 is 2.14 bits per heavy atom. The lowest BCUT2D eigenvalue weighted by atomic mass is 9.99. The summed E-state index contributed by atoms with van der Waals surface area (Å²) < 4.78 is 19.3. The molecule has 0 bridgehead atoms. The Bertz CT molecular complexity index is 601. The zero-order valence-corrected chi connectivity index (χ0v) is 12.7. The van der Waals surface area contributed by atoms with E-state index < -0.39 is 0 Å². The maximum absolute atomic E-state index is 14.3. The normalized spacial score (nSPS) is 12.2. The molecule has 1 heterocycles. The molecule has 0 amide bonds. The van der Waals surface area contributed by atoms with Gasteiger partial charge in [0, 0.05) is 36.0 Å². The van der Waals surface area contributed by atoms with Crippen LogP contribution in [0.15, 0.2) is 36.5 Å². The molecule has 1 unspecified atom stereocenters. The summed E-state index contributed by atoms with van der Waals surface area (Å²) in [5.74, 6) is 0.273. The van der Waals surface area contributed by atoms with Crippen molar-refractivity contribution in [2.75, 3.05) is 13.7 Å². The molecule has 0 spiro atoms. The molecule has 3 nitrogen and oxygen atoms in total. The van der Waals surface area contributed by atoms with Crippen molar-refractivity contribution >= 4 is 0 Å². The van der Waals surface area contributed by atoms with Gasteiger partial charge >= 0.3 is 0 Å². The second kappa shape index (κ2) is 7.18. The predicted molar refractivity (Wildman–Crippen MR) is 82.0 cm³/mol. The van der Waals surface area contributed by atoms with Crippen LogP contribution in [-0.4, -0.2) is 18.6 Å². The second-order valence-electron chi connectivity index (χ2n) is 4.97. The summed E-state index contributed by atoms with van der Waals surface area (Å²) in [5, 5.41) is 3.33. The number of hydrogen-bond acceptors (Lipinski definition) is 3. The van der Waals surface area contributed by atoms with E-state index in [1.54, 1.807) is 18.3 Å². The Morgan fingerprint density at radius 3 is 2.76 bits per heavy atom. The predicted octanol–water partition coefficient (Wildman–Crippen LogP) is 3.43. The maximum Gasteiger partial charge on any atom is 0.131 e. The number of nitrogens with zero attached hydrogens (tertiary/aromatic N) is 1. The first-order valence-electron chi connectivity index (χ1n) is 7.13. The van der Waals surface area contributed by atoms with E-state index in [4.69, 9.17) is 4.74 Å². The van der Waals surface area contributed by atoms with Crippen molar-refractivity contribution in [1.82, 2.24) is 10.3 Å². The summed E-state index contributed by atoms with van der Waals surface area (Å²) in [6.45, 7) is 4.80. The summed E-state index contributed by atoms with van der Waals surface area (Å²) in [7, 11) is 1.54. The van der Waals surface area contributed by atoms with Gasteiger partial charge in [0.1, 0.15) is 11.6 Å². The number of aromatic nitrogens is 1. The summed E-state index contributed by atoms with van der Waals surface area (Å²) in [6, 6.07) is 8.82. The first-order chi connectivity index (χ1) is 10.2. The number of likely N-dealkylation sites (N-methyl/N-ethyl adjacent to an activating group) is 1. The molecule has 1 atom stereocenters. The fourth-order valence-electron chi connectivity index (χ4n) is 2.38. The van der Waals surface area contributed by atoms with Gasteiger partial charge in [0.15, 0.2) is 0 Å². The number of ether oxygens (including phenoxy) is 1. The second-order valence-corrected chi connectivity index (χ2v) is 4.97. The summed E-state index contributed by atoms with van der Waals surface area (Å²) in [5.41, 5.74) is 2.75. The molecule has 0 aliphatic rings. The highest BCUT2D eigenvalue weighted by Crippen LogP contribution is 2.25. The van der Waals surface area contributed by atoms with E-state index in [1.165, 1.54) is 13.2 Å². The van der Waals surface area contributed by atoms with Crippen LogP contribution in [0.5, 0.6) is 5.75 Å². The highest BCUT2D eigenvalue weighted by molar-refractivity contribution is 5.32. The van der Waals surface area contributed by atoms with Gasteiger partial charge in [-0.2, -0.15) is 0 Å². The molecule has 1 N–H and O–H groups in total. The van der Waals surface area contributed by atoms with Gasteiger partial charge in [-0.25, -0.2) is 4.39 Å². The molecule has 4 heteroatoms. The number of methoxy groups -OCH3 is 1. The lowest BCUT2D eigenvalue weighted by Gasteiger charge is -2.20. The average molecular weight is 288 g/mol. The van der Waals surface area contributed by atoms with Crippen molar-refractivity contribution in [3.05, 3.63) is 59.2 Å². The molecular weight excluding hydrogens is 267 g/mol. The van der Waals surface area contributed by atoms with Crippen LogP contribution in [0.4, 0.5) is 4.39 Å². The molecule has 21 heavy (non-hydrogen) atoms. The third-order valence-electron chi connectivity index (χ3n) is 3.55. The van der Waals surface area contributed by atoms with Gasteiger partial charge in [-0.3, -0.25) is 4.98 Å². The minimum atomic E-state index is -0.256. The number of hydrogen-bond donors (Lipinski definition) is 1. The SMILES string of the molecule is CCNC(Cc1ncccc1C)c1ccc(OC)cc1F. The molecular formula is C17H21FN2O. The van der Waals surface area contributed by atoms with Gasteiger partial charge in [-0.15, -0.1) is 0 Å². The van der Waals surface area contributed by atoms with Crippen LogP contribution in [0.3, 0.4) is 0 Å². The van der Waals surface area contributed by atoms with Crippen molar-refractivity contribution in [1.29, 1.82) is 0 Å². The standard InChI is InChI=1S/C17H21FN2O/c1-4-19-17(11-16-12(2)6-5-9-20-16)14-8-7-13(21-3)10-15(14)18/h5-10,17,19H,4,11H2,1-3H3. The number of benzene rings is 1. The Hall–Kier alpha value is -1.94. The molecule has 0 radical (unpaired) electrons. The fraction of sp³-hybridized carbons (Fsp3) is 0.353. The first kappa shape index (κ1) is 15.4. The van der Waals surface area contributed by atoms with Crippen molar-refractivity contribution in [3.63, 3.8) is 0 Å². The third kappa shape index (κ3) is 3.79. The molecule has 0 saturated carbocycles. The van der Waals surface area contributed by atoms with Gasteiger partial charge < -0.3 is 10.1 Å². The lowest BCUT2D eigenvalue weighted by molar-refractivity contribution is 0.409. The highest BCUT2D eigenvalue weighted by atomic mass is 19.1. The van der Waals surface area contributed by atoms with Crippen molar-refractivity contribution in [3.8, 4) is 5.75 Å². The molecule has 0 fully saturated rings. The largest absolute Gasteiger partial charge is 0.497 e. The third-order valence-corrected chi connectivity index (χ3v) is 3.55. The smallest absolute Gasteiger partial charge is 0.131 e. The molecule has 0 aliphatic heterocycles. The van der Waals surface area contributed by atoms with Crippen LogP contribution in [0.25, 0.3) is 0 Å². The Labute approximate surface area is 125 Å². The highest BCUT2D eigenvalue weighted by Gasteiger charge is 2.17. The molecule has 0 saturated heterocycles. The molecule has 2 aromatic rings. The number of rotatable bonds is 6. The topological polar surface area (TPSA) is 34.2 Å². The van der Waals surface area contributed by atoms with E-state index in [-0.39, 0.29) is 11.9 Å². The molecule has 1 aromatic heterocycles. The molecule has 1 aromatic carbocycles. The van der Waals surface area contributed by atoms with Crippen LogP contribution < -0.4 is 10.1 Å². The summed E-state index contributed by atoms with van der Waals surface area (Å²) in [6.07, 6.45) is 2.43. The monoisotopic (exact) mass is 288 g/mol. The van der Waals surface area contributed by atoms with Crippen LogP contribution in [0, 0.1) is 12.7 Å². The van der Waals surface area contributed by atoms with Crippen LogP contribution in [0.1, 0.15) is 29.8 Å². The minimum absolute atomic E-state index is 0.102.